The number of ether oxygens (including phenoxy) is 2. The average molecular weight is 396 g/mol. The summed E-state index contributed by atoms with van der Waals surface area (Å²) in [6.45, 7) is 7.81. The van der Waals surface area contributed by atoms with Crippen molar-refractivity contribution in [1.29, 1.82) is 0 Å². The summed E-state index contributed by atoms with van der Waals surface area (Å²) in [5.74, 6) is 0.772. The normalized spacial score (nSPS) is 28.1. The van der Waals surface area contributed by atoms with Gasteiger partial charge in [-0.1, -0.05) is 12.2 Å². The van der Waals surface area contributed by atoms with Crippen molar-refractivity contribution in [3.05, 3.63) is 35.9 Å². The fourth-order valence-corrected chi connectivity index (χ4v) is 4.61. The van der Waals surface area contributed by atoms with E-state index in [1.165, 1.54) is 0 Å². The van der Waals surface area contributed by atoms with Crippen LogP contribution in [0.15, 0.2) is 35.5 Å². The minimum atomic E-state index is -0.253. The molecule has 2 fully saturated rings. The van der Waals surface area contributed by atoms with Crippen molar-refractivity contribution in [2.75, 3.05) is 0 Å². The molecule has 1 aromatic carbocycles. The van der Waals surface area contributed by atoms with Gasteiger partial charge in [0.25, 0.3) is 11.8 Å². The Morgan fingerprint density at radius 3 is 2.07 bits per heavy atom. The molecule has 5 rings (SSSR count). The summed E-state index contributed by atoms with van der Waals surface area (Å²) in [7, 11) is 0. The highest BCUT2D eigenvalue weighted by Crippen LogP contribution is 2.49. The molecule has 0 radical (unpaired) electrons. The summed E-state index contributed by atoms with van der Waals surface area (Å²) in [5, 5.41) is 5.37. The molecule has 0 N–H and O–H groups in total. The standard InChI is InChI=1S/C23H28N2O4/c1-13(2)28-18-10-9-17(19(11-18)29-14(3)4)12-24-25-22(26)20-15-5-6-16(8-7-15)21(20)23(25)27/h5-6,9-16,20-21H,7-8H2,1-4H3/b24-12-/t15-,16-,20+,21+/m0/s1. The number of fused-ring (bicyclic) bond motifs is 1. The molecule has 154 valence electrons. The van der Waals surface area contributed by atoms with Gasteiger partial charge in [-0.2, -0.15) is 10.1 Å². The van der Waals surface area contributed by atoms with Gasteiger partial charge in [-0.05, 0) is 64.5 Å². The monoisotopic (exact) mass is 396 g/mol. The van der Waals surface area contributed by atoms with Gasteiger partial charge < -0.3 is 9.47 Å². The first-order chi connectivity index (χ1) is 13.8. The molecule has 0 spiro atoms. The highest BCUT2D eigenvalue weighted by Gasteiger charge is 2.56. The van der Waals surface area contributed by atoms with E-state index < -0.39 is 0 Å². The van der Waals surface area contributed by atoms with Gasteiger partial charge in [-0.25, -0.2) is 0 Å². The Hall–Kier alpha value is -2.63. The fraction of sp³-hybridized carbons (Fsp3) is 0.522. The van der Waals surface area contributed by atoms with Crippen LogP contribution in [0.4, 0.5) is 0 Å². The number of nitrogens with zero attached hydrogens (tertiary/aromatic N) is 2. The molecular weight excluding hydrogens is 368 g/mol. The van der Waals surface area contributed by atoms with E-state index >= 15 is 0 Å². The van der Waals surface area contributed by atoms with Crippen LogP contribution in [-0.4, -0.2) is 35.2 Å². The summed E-state index contributed by atoms with van der Waals surface area (Å²) in [6.07, 6.45) is 7.72. The highest BCUT2D eigenvalue weighted by molar-refractivity contribution is 6.06. The topological polar surface area (TPSA) is 68.2 Å². The third-order valence-corrected chi connectivity index (χ3v) is 5.77. The first-order valence-electron chi connectivity index (χ1n) is 10.4. The van der Waals surface area contributed by atoms with E-state index in [1.807, 2.05) is 45.9 Å². The lowest BCUT2D eigenvalue weighted by Crippen LogP contribution is -2.38. The second-order valence-corrected chi connectivity index (χ2v) is 8.61. The molecule has 6 heteroatoms. The number of hydrazone groups is 1. The number of imide groups is 1. The SMILES string of the molecule is CC(C)Oc1ccc(/C=N\N2C(=O)[C@H]3[C@H](C2=O)[C@H]2C=C[C@H]3CC2)c(OC(C)C)c1. The van der Waals surface area contributed by atoms with E-state index in [0.29, 0.717) is 17.1 Å². The van der Waals surface area contributed by atoms with Crippen LogP contribution in [0.2, 0.25) is 0 Å². The van der Waals surface area contributed by atoms with E-state index in [1.54, 1.807) is 6.21 Å². The molecule has 2 bridgehead atoms. The van der Waals surface area contributed by atoms with Crippen molar-refractivity contribution in [2.24, 2.45) is 28.8 Å². The van der Waals surface area contributed by atoms with Crippen LogP contribution in [0.1, 0.15) is 46.1 Å². The molecule has 4 atom stereocenters. The highest BCUT2D eigenvalue weighted by atomic mass is 16.5. The Balaban J connectivity index is 1.58. The van der Waals surface area contributed by atoms with Crippen molar-refractivity contribution in [2.45, 2.75) is 52.7 Å². The zero-order valence-corrected chi connectivity index (χ0v) is 17.4. The number of hydrogen-bond acceptors (Lipinski definition) is 5. The molecule has 1 aliphatic heterocycles. The summed E-state index contributed by atoms with van der Waals surface area (Å²) < 4.78 is 11.7. The number of benzene rings is 1. The van der Waals surface area contributed by atoms with Crippen LogP contribution in [0.25, 0.3) is 0 Å². The van der Waals surface area contributed by atoms with E-state index in [9.17, 15) is 9.59 Å². The van der Waals surface area contributed by atoms with Crippen molar-refractivity contribution in [3.63, 3.8) is 0 Å². The van der Waals surface area contributed by atoms with Crippen LogP contribution in [-0.2, 0) is 9.59 Å². The third-order valence-electron chi connectivity index (χ3n) is 5.77. The Bertz CT molecular complexity index is 842. The second-order valence-electron chi connectivity index (χ2n) is 8.61. The van der Waals surface area contributed by atoms with Crippen LogP contribution in [0, 0.1) is 23.7 Å². The number of carbonyl (C=O) groups excluding carboxylic acids is 2. The van der Waals surface area contributed by atoms with Crippen molar-refractivity contribution in [3.8, 4) is 11.5 Å². The van der Waals surface area contributed by atoms with Crippen LogP contribution in [0.3, 0.4) is 0 Å². The number of allylic oxidation sites excluding steroid dienone is 2. The molecule has 1 saturated heterocycles. The van der Waals surface area contributed by atoms with Gasteiger partial charge in [0.15, 0.2) is 0 Å². The summed E-state index contributed by atoms with van der Waals surface area (Å²) >= 11 is 0. The number of hydrogen-bond donors (Lipinski definition) is 0. The van der Waals surface area contributed by atoms with E-state index in [2.05, 4.69) is 17.3 Å². The maximum absolute atomic E-state index is 12.9. The molecule has 29 heavy (non-hydrogen) atoms. The predicted octanol–water partition coefficient (Wildman–Crippen LogP) is 3.79. The van der Waals surface area contributed by atoms with Crippen molar-refractivity contribution in [1.82, 2.24) is 5.01 Å². The lowest BCUT2D eigenvalue weighted by molar-refractivity contribution is -0.140. The molecule has 2 amide bonds. The molecular formula is C23H28N2O4. The quantitative estimate of drug-likeness (QED) is 0.417. The molecule has 0 aromatic heterocycles. The molecule has 4 aliphatic rings. The Morgan fingerprint density at radius 1 is 0.966 bits per heavy atom. The van der Waals surface area contributed by atoms with Crippen molar-refractivity contribution >= 4 is 18.0 Å². The Labute approximate surface area is 171 Å². The summed E-state index contributed by atoms with van der Waals surface area (Å²) in [5.41, 5.74) is 0.700. The molecule has 6 nitrogen and oxygen atoms in total. The molecule has 1 saturated carbocycles. The summed E-state index contributed by atoms with van der Waals surface area (Å²) in [4.78, 5) is 25.8. The van der Waals surface area contributed by atoms with Crippen LogP contribution >= 0.6 is 0 Å². The zero-order chi connectivity index (χ0) is 20.7. The van der Waals surface area contributed by atoms with E-state index in [4.69, 9.17) is 9.47 Å². The maximum Gasteiger partial charge on any atom is 0.254 e. The molecule has 1 aromatic rings. The van der Waals surface area contributed by atoms with Gasteiger partial charge in [-0.15, -0.1) is 0 Å². The fourth-order valence-electron chi connectivity index (χ4n) is 4.61. The third kappa shape index (κ3) is 3.68. The Morgan fingerprint density at radius 2 is 1.55 bits per heavy atom. The smallest absolute Gasteiger partial charge is 0.254 e. The Kier molecular flexibility index (Phi) is 5.19. The lowest BCUT2D eigenvalue weighted by Gasteiger charge is -2.37. The summed E-state index contributed by atoms with van der Waals surface area (Å²) in [6, 6.07) is 5.49. The van der Waals surface area contributed by atoms with Crippen LogP contribution in [0.5, 0.6) is 11.5 Å². The van der Waals surface area contributed by atoms with E-state index in [0.717, 1.165) is 17.9 Å². The second kappa shape index (κ2) is 7.65. The van der Waals surface area contributed by atoms with Gasteiger partial charge in [0.1, 0.15) is 11.5 Å². The van der Waals surface area contributed by atoms with Gasteiger partial charge in [0, 0.05) is 11.6 Å². The maximum atomic E-state index is 12.9. The minimum absolute atomic E-state index is 0.0314. The first-order valence-corrected chi connectivity index (χ1v) is 10.4. The largest absolute Gasteiger partial charge is 0.491 e. The van der Waals surface area contributed by atoms with Gasteiger partial charge in [0.05, 0.1) is 30.3 Å². The lowest BCUT2D eigenvalue weighted by atomic mass is 9.63. The average Bonchev–Trinajstić information content (AvgIpc) is 2.94. The number of carbonyl (C=O) groups is 2. The number of amides is 2. The van der Waals surface area contributed by atoms with Crippen LogP contribution < -0.4 is 9.47 Å². The van der Waals surface area contributed by atoms with E-state index in [-0.39, 0.29) is 47.7 Å². The predicted molar refractivity (Wildman–Crippen MR) is 110 cm³/mol. The van der Waals surface area contributed by atoms with Gasteiger partial charge in [-0.3, -0.25) is 9.59 Å². The minimum Gasteiger partial charge on any atom is -0.491 e. The van der Waals surface area contributed by atoms with Gasteiger partial charge >= 0.3 is 0 Å². The molecule has 1 heterocycles. The van der Waals surface area contributed by atoms with Gasteiger partial charge in [0.2, 0.25) is 0 Å². The first kappa shape index (κ1) is 19.7. The molecule has 3 aliphatic carbocycles. The zero-order valence-electron chi connectivity index (χ0n) is 17.4. The van der Waals surface area contributed by atoms with Crippen molar-refractivity contribution < 1.29 is 19.1 Å². The number of rotatable bonds is 6. The molecule has 0 unspecified atom stereocenters.